The molecule has 0 N–H and O–H groups in total. The predicted molar refractivity (Wildman–Crippen MR) is 416 cm³/mol. The molecule has 0 bridgehead atoms. The third-order valence-electron chi connectivity index (χ3n) is 20.2. The van der Waals surface area contributed by atoms with Crippen molar-refractivity contribution in [3.8, 4) is 134 Å². The van der Waals surface area contributed by atoms with Crippen molar-refractivity contribution in [3.63, 3.8) is 0 Å². The van der Waals surface area contributed by atoms with Gasteiger partial charge < -0.3 is 9.47 Å². The van der Waals surface area contributed by atoms with Gasteiger partial charge in [-0.05, 0) is 169 Å². The summed E-state index contributed by atoms with van der Waals surface area (Å²) in [6.45, 7) is 0. The van der Waals surface area contributed by atoms with E-state index in [2.05, 4.69) is 218 Å². The van der Waals surface area contributed by atoms with Gasteiger partial charge in [0.2, 0.25) is 0 Å². The van der Waals surface area contributed by atoms with E-state index >= 15 is 4.79 Å². The third kappa shape index (κ3) is 10.5. The Morgan fingerprint density at radius 2 is 0.365 bits per heavy atom. The smallest absolute Gasteiger partial charge is 0.346 e. The van der Waals surface area contributed by atoms with Crippen LogP contribution in [0.4, 0.5) is 0 Å². The molecule has 0 saturated heterocycles. The number of cyclic esters (lactones) is 4. The number of ketones is 1. The van der Waals surface area contributed by atoms with Crippen molar-refractivity contribution < 1.29 is 33.4 Å². The van der Waals surface area contributed by atoms with Crippen LogP contribution in [0.15, 0.2) is 352 Å². The highest BCUT2D eigenvalue weighted by molar-refractivity contribution is 6.27. The highest BCUT2D eigenvalue weighted by Crippen LogP contribution is 2.60. The lowest BCUT2D eigenvalue weighted by Gasteiger charge is -2.29. The second kappa shape index (κ2) is 25.9. The summed E-state index contributed by atoms with van der Waals surface area (Å²) in [6, 6.07) is 118. The molecule has 2 aliphatic rings. The van der Waals surface area contributed by atoms with Crippen molar-refractivity contribution >= 4 is 51.2 Å². The van der Waals surface area contributed by atoms with E-state index in [1.54, 1.807) is 24.3 Å². The molecule has 0 radical (unpaired) electrons. The topological polar surface area (TPSA) is 104 Å². The van der Waals surface area contributed by atoms with Crippen molar-refractivity contribution in [2.24, 2.45) is 0 Å². The van der Waals surface area contributed by atoms with Crippen molar-refractivity contribution in [3.05, 3.63) is 385 Å². The Kier molecular flexibility index (Phi) is 15.5. The molecule has 0 unspecified atom stereocenters. The Morgan fingerprint density at radius 1 is 0.173 bits per heavy atom. The molecule has 2 aliphatic heterocycles. The fourth-order valence-corrected chi connectivity index (χ4v) is 15.8. The second-order valence-electron chi connectivity index (χ2n) is 26.0. The zero-order valence-corrected chi connectivity index (χ0v) is 55.8. The van der Waals surface area contributed by atoms with E-state index < -0.39 is 23.9 Å². The lowest BCUT2D eigenvalue weighted by molar-refractivity contribution is 0.0373. The van der Waals surface area contributed by atoms with E-state index in [0.29, 0.717) is 44.2 Å². The number of hydrogen-bond acceptors (Lipinski definition) is 7. The first-order chi connectivity index (χ1) is 51.3. The average molecular weight is 1340 g/mol. The fourth-order valence-electron chi connectivity index (χ4n) is 15.8. The minimum atomic E-state index is -0.686. The zero-order chi connectivity index (χ0) is 69.9. The SMILES string of the molecule is O=C(c1ccc(-c2c(-c3ccccc3)c(-c3ccccc3)c(-c3ccc4c5c(cccc35)C(=O)OC4=O)c(-c3ccccc3)c2-c2ccccc2)cc1)c1ccc(-c2c(-c3ccccc3)c(-c3ccccc3)c(-c3ccc4c5c(cccc35)C(=O)OC4=O)c(-c3ccccc3)c2-c2ccccc2)cc1. The van der Waals surface area contributed by atoms with Gasteiger partial charge >= 0.3 is 23.9 Å². The van der Waals surface area contributed by atoms with Crippen LogP contribution in [0.2, 0.25) is 0 Å². The molecule has 7 nitrogen and oxygen atoms in total. The van der Waals surface area contributed by atoms with E-state index in [1.807, 2.05) is 109 Å². The minimum Gasteiger partial charge on any atom is -0.386 e. The van der Waals surface area contributed by atoms with Gasteiger partial charge in [0, 0.05) is 21.9 Å². The number of rotatable bonds is 14. The summed E-state index contributed by atoms with van der Waals surface area (Å²) in [5, 5.41) is 2.55. The Labute approximate surface area is 599 Å². The van der Waals surface area contributed by atoms with Crippen LogP contribution in [0.3, 0.4) is 0 Å². The van der Waals surface area contributed by atoms with E-state index in [1.165, 1.54) is 0 Å². The van der Waals surface area contributed by atoms with Crippen LogP contribution in [-0.4, -0.2) is 29.7 Å². The van der Waals surface area contributed by atoms with E-state index in [-0.39, 0.29) is 5.78 Å². The molecule has 0 aliphatic carbocycles. The molecule has 18 rings (SSSR count). The van der Waals surface area contributed by atoms with E-state index in [9.17, 15) is 19.2 Å². The second-order valence-corrected chi connectivity index (χ2v) is 26.0. The summed E-state index contributed by atoms with van der Waals surface area (Å²) in [6.07, 6.45) is 0. The highest BCUT2D eigenvalue weighted by atomic mass is 16.6. The van der Waals surface area contributed by atoms with Gasteiger partial charge in [-0.3, -0.25) is 4.79 Å². The molecular weight excluding hydrogens is 1280 g/mol. The predicted octanol–water partition coefficient (Wildman–Crippen LogP) is 23.8. The van der Waals surface area contributed by atoms with Crippen LogP contribution < -0.4 is 0 Å². The summed E-state index contributed by atoms with van der Waals surface area (Å²) in [4.78, 5) is 70.2. The standard InChI is InChI=1S/C97H58O7/c98-93(69-51-47-67(48-52-69)83-79(59-27-9-1-10-28-59)85(63-35-17-5-18-36-63)91(86(64-37-19-6-20-38-64)80(83)60-29-11-2-12-30-60)73-55-57-77-89-71(73)43-25-45-75(89)94(99)103-96(77)101)70-53-49-68(50-54-70)84-81(61-31-13-3-14-32-61)87(65-39-21-7-22-40-65)92(88(66-41-23-8-24-42-66)82(84)62-33-15-4-16-34-62)74-56-58-78-90-72(74)44-26-46-76(90)95(100)104-97(78)102/h1-58H. The number of ether oxygens (including phenoxy) is 2. The molecule has 0 fully saturated rings. The van der Waals surface area contributed by atoms with Crippen LogP contribution >= 0.6 is 0 Å². The van der Waals surface area contributed by atoms with E-state index in [0.717, 1.165) is 144 Å². The van der Waals surface area contributed by atoms with E-state index in [4.69, 9.17) is 9.47 Å². The monoisotopic (exact) mass is 1330 g/mol. The molecule has 0 atom stereocenters. The number of benzene rings is 16. The zero-order valence-electron chi connectivity index (χ0n) is 55.8. The molecule has 7 heteroatoms. The molecule has 2 heterocycles. The summed E-state index contributed by atoms with van der Waals surface area (Å²) in [7, 11) is 0. The van der Waals surface area contributed by atoms with Gasteiger partial charge in [0.1, 0.15) is 0 Å². The van der Waals surface area contributed by atoms with Crippen LogP contribution in [0.1, 0.15) is 57.4 Å². The highest BCUT2D eigenvalue weighted by Gasteiger charge is 2.36. The quantitative estimate of drug-likeness (QED) is 0.0607. The molecular formula is C97H58O7. The van der Waals surface area contributed by atoms with Crippen molar-refractivity contribution in [2.75, 3.05) is 0 Å². The summed E-state index contributed by atoms with van der Waals surface area (Å²) < 4.78 is 10.6. The van der Waals surface area contributed by atoms with Crippen molar-refractivity contribution in [1.29, 1.82) is 0 Å². The van der Waals surface area contributed by atoms with Gasteiger partial charge in [-0.2, -0.15) is 0 Å². The van der Waals surface area contributed by atoms with Gasteiger partial charge in [-0.1, -0.05) is 328 Å². The van der Waals surface area contributed by atoms with Gasteiger partial charge in [0.15, 0.2) is 5.78 Å². The van der Waals surface area contributed by atoms with Crippen molar-refractivity contribution in [1.82, 2.24) is 0 Å². The molecule has 0 spiro atoms. The molecule has 104 heavy (non-hydrogen) atoms. The average Bonchev–Trinajstić information content (AvgIpc) is 0.719. The lowest BCUT2D eigenvalue weighted by Crippen LogP contribution is -2.19. The van der Waals surface area contributed by atoms with Crippen LogP contribution in [0.5, 0.6) is 0 Å². The lowest BCUT2D eigenvalue weighted by atomic mass is 9.73. The molecule has 0 saturated carbocycles. The molecule has 16 aromatic rings. The Balaban J connectivity index is 0.857. The van der Waals surface area contributed by atoms with Crippen LogP contribution in [-0.2, 0) is 9.47 Å². The van der Waals surface area contributed by atoms with Gasteiger partial charge in [0.05, 0.1) is 22.3 Å². The number of carbonyl (C=O) groups is 5. The van der Waals surface area contributed by atoms with Gasteiger partial charge in [-0.25, -0.2) is 19.2 Å². The Hall–Kier alpha value is -14.0. The summed E-state index contributed by atoms with van der Waals surface area (Å²) >= 11 is 0. The molecule has 16 aromatic carbocycles. The van der Waals surface area contributed by atoms with Crippen LogP contribution in [0.25, 0.3) is 155 Å². The van der Waals surface area contributed by atoms with Crippen LogP contribution in [0, 0.1) is 0 Å². The fraction of sp³-hybridized carbons (Fsp3) is 0. The first-order valence-electron chi connectivity index (χ1n) is 34.6. The number of carbonyl (C=O) groups excluding carboxylic acids is 5. The largest absolute Gasteiger partial charge is 0.386 e. The summed E-state index contributed by atoms with van der Waals surface area (Å²) in [5.74, 6) is -2.90. The Bertz CT molecular complexity index is 5530. The van der Waals surface area contributed by atoms with Crippen molar-refractivity contribution in [2.45, 2.75) is 0 Å². The van der Waals surface area contributed by atoms with Gasteiger partial charge in [0.25, 0.3) is 0 Å². The molecule has 0 amide bonds. The van der Waals surface area contributed by atoms with Gasteiger partial charge in [-0.15, -0.1) is 0 Å². The minimum absolute atomic E-state index is 0.160. The Morgan fingerprint density at radius 3 is 0.596 bits per heavy atom. The maximum Gasteiger partial charge on any atom is 0.346 e. The third-order valence-corrected chi connectivity index (χ3v) is 20.2. The number of esters is 4. The molecule has 488 valence electrons. The number of hydrogen-bond donors (Lipinski definition) is 0. The summed E-state index contributed by atoms with van der Waals surface area (Å²) in [5.41, 5.74) is 24.5. The normalized spacial score (nSPS) is 12.3. The first kappa shape index (κ1) is 62.3. The molecule has 0 aromatic heterocycles. The maximum atomic E-state index is 15.6. The first-order valence-corrected chi connectivity index (χ1v) is 34.6. The maximum absolute atomic E-state index is 15.6.